The number of hydrogen-bond acceptors (Lipinski definition) is 3. The van der Waals surface area contributed by atoms with Gasteiger partial charge in [0.1, 0.15) is 0 Å². The van der Waals surface area contributed by atoms with Crippen molar-refractivity contribution in [3.63, 3.8) is 0 Å². The summed E-state index contributed by atoms with van der Waals surface area (Å²) in [5, 5.41) is 3.73. The van der Waals surface area contributed by atoms with E-state index in [9.17, 15) is 4.79 Å². The van der Waals surface area contributed by atoms with Gasteiger partial charge in [-0.15, -0.1) is 0 Å². The van der Waals surface area contributed by atoms with Gasteiger partial charge < -0.3 is 11.1 Å². The number of rotatable bonds is 8. The van der Waals surface area contributed by atoms with E-state index < -0.39 is 0 Å². The van der Waals surface area contributed by atoms with Crippen LogP contribution in [0.1, 0.15) is 86.0 Å². The lowest BCUT2D eigenvalue weighted by Crippen LogP contribution is -2.43. The number of fused-ring (bicyclic) bond motifs is 2. The van der Waals surface area contributed by atoms with E-state index in [0.29, 0.717) is 11.5 Å². The Balaban J connectivity index is 1.23. The summed E-state index contributed by atoms with van der Waals surface area (Å²) >= 11 is 0. The first-order valence-electron chi connectivity index (χ1n) is 11.6. The molecule has 4 rings (SSSR count). The average Bonchev–Trinajstić information content (AvgIpc) is 2.95. The van der Waals surface area contributed by atoms with Crippen molar-refractivity contribution in [2.45, 2.75) is 82.2 Å². The number of nitrogens with one attached hydrogen (secondary N) is 1. The van der Waals surface area contributed by atoms with E-state index in [2.05, 4.69) is 16.3 Å². The summed E-state index contributed by atoms with van der Waals surface area (Å²) in [4.78, 5) is 14.3. The Labute approximate surface area is 170 Å². The molecule has 2 saturated heterocycles. The van der Waals surface area contributed by atoms with Crippen LogP contribution in [0.25, 0.3) is 0 Å². The van der Waals surface area contributed by atoms with Gasteiger partial charge in [-0.05, 0) is 94.1 Å². The molecule has 3 aliphatic rings. The van der Waals surface area contributed by atoms with Crippen LogP contribution in [0.5, 0.6) is 0 Å². The molecule has 2 unspecified atom stereocenters. The zero-order valence-electron chi connectivity index (χ0n) is 17.2. The highest BCUT2D eigenvalue weighted by molar-refractivity contribution is 5.92. The largest absolute Gasteiger partial charge is 0.366 e. The lowest BCUT2D eigenvalue weighted by atomic mass is 9.84. The van der Waals surface area contributed by atoms with Gasteiger partial charge in [0.25, 0.3) is 0 Å². The summed E-state index contributed by atoms with van der Waals surface area (Å²) in [6.07, 6.45) is 13.6. The Kier molecular flexibility index (Phi) is 6.69. The van der Waals surface area contributed by atoms with Gasteiger partial charge in [0.2, 0.25) is 5.91 Å². The fourth-order valence-electron chi connectivity index (χ4n) is 5.94. The Bertz CT molecular complexity index is 641. The van der Waals surface area contributed by atoms with Gasteiger partial charge in [0.15, 0.2) is 0 Å². The van der Waals surface area contributed by atoms with Gasteiger partial charge in [-0.1, -0.05) is 31.4 Å². The normalized spacial score (nSPS) is 28.5. The Morgan fingerprint density at radius 3 is 2.54 bits per heavy atom. The zero-order valence-corrected chi connectivity index (χ0v) is 17.2. The predicted octanol–water partition coefficient (Wildman–Crippen LogP) is 4.06. The molecule has 1 aromatic rings. The van der Waals surface area contributed by atoms with E-state index in [4.69, 9.17) is 5.73 Å². The number of benzene rings is 1. The molecule has 0 aromatic heterocycles. The quantitative estimate of drug-likeness (QED) is 0.666. The molecule has 2 atom stereocenters. The Morgan fingerprint density at radius 1 is 1.07 bits per heavy atom. The third-order valence-corrected chi connectivity index (χ3v) is 7.45. The van der Waals surface area contributed by atoms with Crippen molar-refractivity contribution in [2.75, 3.05) is 19.6 Å². The second-order valence-electron chi connectivity index (χ2n) is 9.34. The molecule has 28 heavy (non-hydrogen) atoms. The van der Waals surface area contributed by atoms with Gasteiger partial charge in [-0.2, -0.15) is 0 Å². The smallest absolute Gasteiger partial charge is 0.248 e. The second kappa shape index (κ2) is 9.41. The molecular formula is C24H37N3O. The van der Waals surface area contributed by atoms with Crippen LogP contribution in [0.3, 0.4) is 0 Å². The van der Waals surface area contributed by atoms with Crippen LogP contribution in [-0.4, -0.2) is 42.5 Å². The van der Waals surface area contributed by atoms with Crippen LogP contribution in [0, 0.1) is 5.92 Å². The lowest BCUT2D eigenvalue weighted by molar-refractivity contribution is 0.1000. The van der Waals surface area contributed by atoms with Crippen LogP contribution in [-0.2, 0) is 0 Å². The highest BCUT2D eigenvalue weighted by Crippen LogP contribution is 2.43. The molecule has 1 amide bonds. The summed E-state index contributed by atoms with van der Waals surface area (Å²) in [5.41, 5.74) is 7.43. The van der Waals surface area contributed by atoms with Gasteiger partial charge in [-0.25, -0.2) is 0 Å². The number of carbonyl (C=O) groups excluding carboxylic acids is 1. The molecule has 1 aromatic carbocycles. The monoisotopic (exact) mass is 383 g/mol. The van der Waals surface area contributed by atoms with Crippen molar-refractivity contribution in [1.29, 1.82) is 0 Å². The number of piperidine rings is 1. The van der Waals surface area contributed by atoms with Crippen LogP contribution in [0.2, 0.25) is 0 Å². The average molecular weight is 384 g/mol. The SMILES string of the molecule is NC(=O)c1cccc(C2CC3CCC(C2)N3CCCNCC2CCCCC2)c1. The number of hydrogen-bond donors (Lipinski definition) is 2. The Hall–Kier alpha value is -1.39. The molecule has 1 saturated carbocycles. The molecule has 2 aliphatic heterocycles. The maximum Gasteiger partial charge on any atom is 0.248 e. The van der Waals surface area contributed by atoms with E-state index in [1.165, 1.54) is 82.9 Å². The van der Waals surface area contributed by atoms with Crippen molar-refractivity contribution in [3.8, 4) is 0 Å². The molecule has 2 heterocycles. The molecular weight excluding hydrogens is 346 g/mol. The van der Waals surface area contributed by atoms with E-state index in [1.54, 1.807) is 0 Å². The van der Waals surface area contributed by atoms with Gasteiger partial charge in [0, 0.05) is 17.6 Å². The minimum atomic E-state index is -0.317. The minimum Gasteiger partial charge on any atom is -0.366 e. The third-order valence-electron chi connectivity index (χ3n) is 7.45. The lowest BCUT2D eigenvalue weighted by Gasteiger charge is -2.39. The van der Waals surface area contributed by atoms with Crippen molar-refractivity contribution in [3.05, 3.63) is 35.4 Å². The second-order valence-corrected chi connectivity index (χ2v) is 9.34. The van der Waals surface area contributed by atoms with Crippen LogP contribution in [0.4, 0.5) is 0 Å². The number of carbonyl (C=O) groups is 1. The first-order chi connectivity index (χ1) is 13.7. The van der Waals surface area contributed by atoms with Crippen LogP contribution >= 0.6 is 0 Å². The molecule has 4 heteroatoms. The summed E-state index contributed by atoms with van der Waals surface area (Å²) in [7, 11) is 0. The predicted molar refractivity (Wildman–Crippen MR) is 115 cm³/mol. The van der Waals surface area contributed by atoms with E-state index in [0.717, 1.165) is 24.5 Å². The maximum atomic E-state index is 11.5. The van der Waals surface area contributed by atoms with E-state index in [-0.39, 0.29) is 5.91 Å². The van der Waals surface area contributed by atoms with E-state index >= 15 is 0 Å². The molecule has 3 fully saturated rings. The van der Waals surface area contributed by atoms with Crippen molar-refractivity contribution >= 4 is 5.91 Å². The molecule has 2 bridgehead atoms. The highest BCUT2D eigenvalue weighted by Gasteiger charge is 2.40. The summed E-state index contributed by atoms with van der Waals surface area (Å²) in [5.74, 6) is 1.19. The van der Waals surface area contributed by atoms with Crippen LogP contribution in [0.15, 0.2) is 24.3 Å². The molecule has 0 radical (unpaired) electrons. The number of nitrogens with two attached hydrogens (primary N) is 1. The summed E-state index contributed by atoms with van der Waals surface area (Å²) in [6, 6.07) is 9.47. The van der Waals surface area contributed by atoms with Gasteiger partial charge >= 0.3 is 0 Å². The minimum absolute atomic E-state index is 0.317. The highest BCUT2D eigenvalue weighted by atomic mass is 16.1. The molecule has 154 valence electrons. The standard InChI is InChI=1S/C24H37N3O/c25-24(28)20-9-4-8-19(14-20)21-15-22-10-11-23(16-21)27(22)13-5-12-26-17-18-6-2-1-3-7-18/h4,8-9,14,18,21-23,26H,1-3,5-7,10-13,15-17H2,(H2,25,28). The van der Waals surface area contributed by atoms with Crippen molar-refractivity contribution < 1.29 is 4.79 Å². The fraction of sp³-hybridized carbons (Fsp3) is 0.708. The molecule has 0 spiro atoms. The van der Waals surface area contributed by atoms with Gasteiger partial charge in [-0.3, -0.25) is 9.69 Å². The number of nitrogens with zero attached hydrogens (tertiary/aromatic N) is 1. The topological polar surface area (TPSA) is 58.4 Å². The van der Waals surface area contributed by atoms with Crippen molar-refractivity contribution in [1.82, 2.24) is 10.2 Å². The number of amides is 1. The third kappa shape index (κ3) is 4.77. The fourth-order valence-corrected chi connectivity index (χ4v) is 5.94. The number of primary amides is 1. The van der Waals surface area contributed by atoms with Crippen molar-refractivity contribution in [2.24, 2.45) is 11.7 Å². The van der Waals surface area contributed by atoms with Gasteiger partial charge in [0.05, 0.1) is 0 Å². The Morgan fingerprint density at radius 2 is 1.82 bits per heavy atom. The van der Waals surface area contributed by atoms with Crippen LogP contribution < -0.4 is 11.1 Å². The molecule has 4 nitrogen and oxygen atoms in total. The van der Waals surface area contributed by atoms with E-state index in [1.807, 2.05) is 18.2 Å². The first kappa shape index (κ1) is 19.9. The molecule has 3 N–H and O–H groups in total. The maximum absolute atomic E-state index is 11.5. The first-order valence-corrected chi connectivity index (χ1v) is 11.6. The zero-order chi connectivity index (χ0) is 19.3. The summed E-state index contributed by atoms with van der Waals surface area (Å²) < 4.78 is 0. The summed E-state index contributed by atoms with van der Waals surface area (Å²) in [6.45, 7) is 3.63. The molecule has 1 aliphatic carbocycles.